The Labute approximate surface area is 176 Å². The average Bonchev–Trinajstić information content (AvgIpc) is 2.76. The summed E-state index contributed by atoms with van der Waals surface area (Å²) in [6, 6.07) is -0.273. The highest BCUT2D eigenvalue weighted by Gasteiger charge is 2.31. The van der Waals surface area contributed by atoms with E-state index in [0.29, 0.717) is 12.8 Å². The van der Waals surface area contributed by atoms with Gasteiger partial charge in [-0.3, -0.25) is 0 Å². The lowest BCUT2D eigenvalue weighted by atomic mass is 10.1. The first-order valence-electron chi connectivity index (χ1n) is 7.51. The van der Waals surface area contributed by atoms with E-state index in [4.69, 9.17) is 79.1 Å². The Morgan fingerprint density at radius 2 is 1.36 bits per heavy atom. The molecule has 1 aliphatic carbocycles. The lowest BCUT2D eigenvalue weighted by Gasteiger charge is -2.30. The minimum absolute atomic E-state index is 0.273. The zero-order valence-corrected chi connectivity index (χ0v) is 17.6. The van der Waals surface area contributed by atoms with Crippen LogP contribution in [0.2, 0.25) is 0 Å². The Morgan fingerprint density at radius 1 is 0.880 bits per heavy atom. The van der Waals surface area contributed by atoms with Gasteiger partial charge in [0.2, 0.25) is 7.59 Å². The average molecular weight is 479 g/mol. The highest BCUT2D eigenvalue weighted by molar-refractivity contribution is 6.68. The van der Waals surface area contributed by atoms with Gasteiger partial charge >= 0.3 is 12.2 Å². The second-order valence-corrected chi connectivity index (χ2v) is 10.5. The topological polar surface area (TPSA) is 67.9 Å². The van der Waals surface area contributed by atoms with Gasteiger partial charge in [-0.15, -0.1) is 0 Å². The molecule has 0 spiro atoms. The molecular weight excluding hydrogens is 461 g/mol. The third-order valence-corrected chi connectivity index (χ3v) is 3.98. The number of hydrogen-bond donors (Lipinski definition) is 1. The van der Waals surface area contributed by atoms with Crippen molar-refractivity contribution in [3.63, 3.8) is 0 Å². The zero-order chi connectivity index (χ0) is 19.1. The summed E-state index contributed by atoms with van der Waals surface area (Å²) in [6.45, 7) is -0.949. The molecule has 25 heavy (non-hydrogen) atoms. The third-order valence-electron chi connectivity index (χ3n) is 3.32. The number of halogens is 6. The molecule has 0 heterocycles. The largest absolute Gasteiger partial charge is 0.444 e. The predicted octanol–water partition coefficient (Wildman–Crippen LogP) is 5.53. The van der Waals surface area contributed by atoms with Crippen LogP contribution < -0.4 is 5.43 Å². The Bertz CT molecular complexity index is 447. The van der Waals surface area contributed by atoms with Gasteiger partial charge in [-0.2, -0.15) is 0 Å². The van der Waals surface area contributed by atoms with Gasteiger partial charge in [0, 0.05) is 0 Å². The summed E-state index contributed by atoms with van der Waals surface area (Å²) in [4.78, 5) is 24.2. The quantitative estimate of drug-likeness (QED) is 0.329. The Morgan fingerprint density at radius 3 is 1.84 bits per heavy atom. The molecule has 2 amide bonds. The fraction of sp³-hybridized carbons (Fsp3) is 0.846. The Balaban J connectivity index is 2.72. The molecule has 0 atom stereocenters. The second kappa shape index (κ2) is 10.6. The maximum atomic E-state index is 12.3. The second-order valence-electron chi connectivity index (χ2n) is 5.49. The van der Waals surface area contributed by atoms with Gasteiger partial charge in [-0.05, 0) is 12.8 Å². The third kappa shape index (κ3) is 10.9. The molecule has 1 N–H and O–H groups in total. The number of hydrazine groups is 1. The number of nitrogens with zero attached hydrogens (tertiary/aromatic N) is 1. The van der Waals surface area contributed by atoms with E-state index >= 15 is 0 Å². The van der Waals surface area contributed by atoms with Crippen molar-refractivity contribution >= 4 is 81.8 Å². The van der Waals surface area contributed by atoms with Crippen LogP contribution >= 0.6 is 69.6 Å². The van der Waals surface area contributed by atoms with E-state index in [1.165, 1.54) is 0 Å². The first-order chi connectivity index (χ1) is 11.5. The summed E-state index contributed by atoms with van der Waals surface area (Å²) < 4.78 is 6.21. The number of hydrogen-bond acceptors (Lipinski definition) is 4. The predicted molar refractivity (Wildman–Crippen MR) is 99.7 cm³/mol. The molecule has 0 aromatic heterocycles. The van der Waals surface area contributed by atoms with Crippen LogP contribution in [0.15, 0.2) is 0 Å². The van der Waals surface area contributed by atoms with Crippen LogP contribution in [0.4, 0.5) is 9.59 Å². The number of amides is 2. The van der Waals surface area contributed by atoms with E-state index in [0.717, 1.165) is 30.7 Å². The molecule has 1 rings (SSSR count). The molecule has 0 aromatic rings. The van der Waals surface area contributed by atoms with Gasteiger partial charge in [-0.1, -0.05) is 95.3 Å². The van der Waals surface area contributed by atoms with Gasteiger partial charge < -0.3 is 9.47 Å². The van der Waals surface area contributed by atoms with E-state index in [2.05, 4.69) is 5.43 Å². The monoisotopic (exact) mass is 476 g/mol. The number of ether oxygens (including phenoxy) is 2. The van der Waals surface area contributed by atoms with E-state index < -0.39 is 33.0 Å². The summed E-state index contributed by atoms with van der Waals surface area (Å²) in [7, 11) is 0. The summed E-state index contributed by atoms with van der Waals surface area (Å²) in [5.41, 5.74) is 2.32. The molecule has 0 aliphatic heterocycles. The van der Waals surface area contributed by atoms with Gasteiger partial charge in [0.15, 0.2) is 0 Å². The standard InChI is InChI=1S/C13H18Cl6N2O4/c14-12(15,16)7-24-10(22)20-21(9-5-3-1-2-4-6-9)11(23)25-8-13(17,18)19/h9H,1-8H2,(H,20,22). The number of carbonyl (C=O) groups is 2. The summed E-state index contributed by atoms with van der Waals surface area (Å²) in [6.07, 6.45) is 3.47. The van der Waals surface area contributed by atoms with E-state index in [1.807, 2.05) is 0 Å². The molecular formula is C13H18Cl6N2O4. The van der Waals surface area contributed by atoms with Gasteiger partial charge in [0.05, 0.1) is 6.04 Å². The van der Waals surface area contributed by atoms with Crippen LogP contribution in [0.25, 0.3) is 0 Å². The van der Waals surface area contributed by atoms with Crippen molar-refractivity contribution in [3.05, 3.63) is 0 Å². The number of nitrogens with one attached hydrogen (secondary N) is 1. The maximum Gasteiger partial charge on any atom is 0.429 e. The highest BCUT2D eigenvalue weighted by atomic mass is 35.6. The van der Waals surface area contributed by atoms with Crippen molar-refractivity contribution in [1.29, 1.82) is 0 Å². The molecule has 146 valence electrons. The smallest absolute Gasteiger partial charge is 0.429 e. The molecule has 1 aliphatic rings. The maximum absolute atomic E-state index is 12.3. The van der Waals surface area contributed by atoms with Crippen LogP contribution in [0, 0.1) is 0 Å². The molecule has 0 saturated heterocycles. The van der Waals surface area contributed by atoms with Crippen LogP contribution in [0.3, 0.4) is 0 Å². The molecule has 0 radical (unpaired) electrons. The lowest BCUT2D eigenvalue weighted by Crippen LogP contribution is -2.52. The summed E-state index contributed by atoms with van der Waals surface area (Å²) in [5.74, 6) is 0. The summed E-state index contributed by atoms with van der Waals surface area (Å²) in [5, 5.41) is 1.04. The van der Waals surface area contributed by atoms with Crippen molar-refractivity contribution in [2.75, 3.05) is 13.2 Å². The number of alkyl halides is 6. The minimum Gasteiger partial charge on any atom is -0.444 e. The highest BCUT2D eigenvalue weighted by Crippen LogP contribution is 2.28. The SMILES string of the molecule is O=C(NN(C(=O)OCC(Cl)(Cl)Cl)C1CCCCCC1)OCC(Cl)(Cl)Cl. The summed E-state index contributed by atoms with van der Waals surface area (Å²) >= 11 is 33.3. The van der Waals surface area contributed by atoms with Crippen molar-refractivity contribution in [2.24, 2.45) is 0 Å². The van der Waals surface area contributed by atoms with Crippen molar-refractivity contribution in [3.8, 4) is 0 Å². The first-order valence-corrected chi connectivity index (χ1v) is 9.77. The zero-order valence-electron chi connectivity index (χ0n) is 13.1. The lowest BCUT2D eigenvalue weighted by molar-refractivity contribution is 0.0493. The van der Waals surface area contributed by atoms with Crippen molar-refractivity contribution in [1.82, 2.24) is 10.4 Å². The van der Waals surface area contributed by atoms with Gasteiger partial charge in [0.1, 0.15) is 13.2 Å². The Kier molecular flexibility index (Phi) is 9.86. The van der Waals surface area contributed by atoms with E-state index in [1.54, 1.807) is 0 Å². The van der Waals surface area contributed by atoms with E-state index in [9.17, 15) is 9.59 Å². The molecule has 1 fully saturated rings. The van der Waals surface area contributed by atoms with Crippen LogP contribution in [-0.4, -0.2) is 44.0 Å². The minimum atomic E-state index is -1.76. The van der Waals surface area contributed by atoms with Crippen molar-refractivity contribution < 1.29 is 19.1 Å². The molecule has 0 unspecified atom stereocenters. The van der Waals surface area contributed by atoms with Crippen LogP contribution in [0.1, 0.15) is 38.5 Å². The van der Waals surface area contributed by atoms with Gasteiger partial charge in [-0.25, -0.2) is 20.0 Å². The van der Waals surface area contributed by atoms with Crippen LogP contribution in [0.5, 0.6) is 0 Å². The van der Waals surface area contributed by atoms with Crippen LogP contribution in [-0.2, 0) is 9.47 Å². The fourth-order valence-electron chi connectivity index (χ4n) is 2.29. The Hall–Kier alpha value is 0.280. The molecule has 12 heteroatoms. The molecule has 1 saturated carbocycles. The van der Waals surface area contributed by atoms with Gasteiger partial charge in [0.25, 0.3) is 0 Å². The van der Waals surface area contributed by atoms with Crippen molar-refractivity contribution in [2.45, 2.75) is 52.2 Å². The molecule has 0 bridgehead atoms. The van der Waals surface area contributed by atoms with E-state index in [-0.39, 0.29) is 6.04 Å². The normalized spacial score (nSPS) is 16.7. The fourth-order valence-corrected chi connectivity index (χ4v) is 2.62. The molecule has 0 aromatic carbocycles. The number of rotatable bonds is 3. The first kappa shape index (κ1) is 23.3. The molecule has 6 nitrogen and oxygen atoms in total. The number of carbonyl (C=O) groups excluding carboxylic acids is 2.